The van der Waals surface area contributed by atoms with Crippen LogP contribution in [0.2, 0.25) is 0 Å². The van der Waals surface area contributed by atoms with E-state index in [9.17, 15) is 14.9 Å². The van der Waals surface area contributed by atoms with Crippen LogP contribution >= 0.6 is 0 Å². The topological polar surface area (TPSA) is 84.7 Å². The van der Waals surface area contributed by atoms with E-state index in [0.29, 0.717) is 6.54 Å². The quantitative estimate of drug-likeness (QED) is 0.453. The Labute approximate surface area is 163 Å². The molecule has 0 spiro atoms. The van der Waals surface area contributed by atoms with Crippen molar-refractivity contribution in [2.75, 3.05) is 26.3 Å². The molecule has 1 N–H and O–H groups in total. The molecule has 1 saturated heterocycles. The lowest BCUT2D eigenvalue weighted by Crippen LogP contribution is -2.35. The van der Waals surface area contributed by atoms with Crippen LogP contribution in [0.1, 0.15) is 16.7 Å². The zero-order valence-electron chi connectivity index (χ0n) is 15.5. The Morgan fingerprint density at radius 2 is 1.71 bits per heavy atom. The first-order chi connectivity index (χ1) is 13.6. The van der Waals surface area contributed by atoms with Crippen molar-refractivity contribution in [1.29, 1.82) is 0 Å². The zero-order valence-corrected chi connectivity index (χ0v) is 15.5. The van der Waals surface area contributed by atoms with Crippen LogP contribution in [0.3, 0.4) is 0 Å². The number of non-ortho nitro benzene ring substituents is 1. The summed E-state index contributed by atoms with van der Waals surface area (Å²) in [6.07, 6.45) is 3.05. The fraction of sp³-hybridized carbons (Fsp3) is 0.286. The lowest BCUT2D eigenvalue weighted by molar-refractivity contribution is -0.384. The van der Waals surface area contributed by atoms with Crippen LogP contribution in [-0.4, -0.2) is 42.0 Å². The first-order valence-electron chi connectivity index (χ1n) is 9.18. The van der Waals surface area contributed by atoms with E-state index in [4.69, 9.17) is 4.74 Å². The van der Waals surface area contributed by atoms with Crippen LogP contribution < -0.4 is 5.32 Å². The van der Waals surface area contributed by atoms with Crippen LogP contribution in [0, 0.1) is 10.1 Å². The van der Waals surface area contributed by atoms with Crippen molar-refractivity contribution in [2.45, 2.75) is 13.1 Å². The first-order valence-corrected chi connectivity index (χ1v) is 9.18. The number of benzene rings is 2. The van der Waals surface area contributed by atoms with E-state index < -0.39 is 4.92 Å². The molecule has 7 nitrogen and oxygen atoms in total. The van der Waals surface area contributed by atoms with Crippen molar-refractivity contribution in [2.24, 2.45) is 0 Å². The summed E-state index contributed by atoms with van der Waals surface area (Å²) in [7, 11) is 0. The molecule has 1 heterocycles. The number of amides is 1. The van der Waals surface area contributed by atoms with Gasteiger partial charge in [0, 0.05) is 44.4 Å². The largest absolute Gasteiger partial charge is 0.379 e. The number of nitrogens with zero attached hydrogens (tertiary/aromatic N) is 2. The number of carbonyl (C=O) groups is 1. The molecule has 0 bridgehead atoms. The Hall–Kier alpha value is -3.03. The minimum atomic E-state index is -0.452. The standard InChI is InChI=1S/C21H23N3O4/c25-21(10-7-17-5-8-20(9-6-17)24(26)27)22-15-18-1-3-19(4-2-18)16-23-11-13-28-14-12-23/h1-10H,11-16H2,(H,22,25)/b10-7+. The zero-order chi connectivity index (χ0) is 19.8. The molecule has 1 aliphatic rings. The monoisotopic (exact) mass is 381 g/mol. The van der Waals surface area contributed by atoms with Crippen molar-refractivity contribution in [3.63, 3.8) is 0 Å². The van der Waals surface area contributed by atoms with Gasteiger partial charge in [0.25, 0.3) is 5.69 Å². The molecule has 3 rings (SSSR count). The summed E-state index contributed by atoms with van der Waals surface area (Å²) in [5.41, 5.74) is 3.03. The predicted octanol–water partition coefficient (Wildman–Crippen LogP) is 2.76. The lowest BCUT2D eigenvalue weighted by atomic mass is 10.1. The van der Waals surface area contributed by atoms with Crippen molar-refractivity contribution in [3.8, 4) is 0 Å². The van der Waals surface area contributed by atoms with Gasteiger partial charge in [0.05, 0.1) is 18.1 Å². The minimum absolute atomic E-state index is 0.0265. The van der Waals surface area contributed by atoms with Crippen LogP contribution in [0.25, 0.3) is 6.08 Å². The van der Waals surface area contributed by atoms with Gasteiger partial charge >= 0.3 is 0 Å². The smallest absolute Gasteiger partial charge is 0.269 e. The minimum Gasteiger partial charge on any atom is -0.379 e. The lowest BCUT2D eigenvalue weighted by Gasteiger charge is -2.26. The van der Waals surface area contributed by atoms with E-state index in [1.54, 1.807) is 18.2 Å². The molecule has 0 aromatic heterocycles. The maximum absolute atomic E-state index is 12.0. The summed E-state index contributed by atoms with van der Waals surface area (Å²) >= 11 is 0. The Kier molecular flexibility index (Phi) is 6.89. The van der Waals surface area contributed by atoms with Gasteiger partial charge in [-0.1, -0.05) is 24.3 Å². The summed E-state index contributed by atoms with van der Waals surface area (Å²) in [6.45, 7) is 4.85. The maximum atomic E-state index is 12.0. The molecule has 2 aromatic carbocycles. The van der Waals surface area contributed by atoms with Gasteiger partial charge in [-0.2, -0.15) is 0 Å². The van der Waals surface area contributed by atoms with Crippen molar-refractivity contribution in [1.82, 2.24) is 10.2 Å². The van der Waals surface area contributed by atoms with Crippen molar-refractivity contribution >= 4 is 17.7 Å². The van der Waals surface area contributed by atoms with Crippen molar-refractivity contribution in [3.05, 3.63) is 81.4 Å². The average Bonchev–Trinajstić information content (AvgIpc) is 2.73. The molecule has 0 aliphatic carbocycles. The van der Waals surface area contributed by atoms with Gasteiger partial charge in [-0.15, -0.1) is 0 Å². The Balaban J connectivity index is 1.45. The fourth-order valence-corrected chi connectivity index (χ4v) is 2.91. The second-order valence-corrected chi connectivity index (χ2v) is 6.60. The summed E-state index contributed by atoms with van der Waals surface area (Å²) in [5, 5.41) is 13.5. The molecule has 1 amide bonds. The summed E-state index contributed by atoms with van der Waals surface area (Å²) in [4.78, 5) is 24.5. The molecule has 0 radical (unpaired) electrons. The van der Waals surface area contributed by atoms with Gasteiger partial charge in [0.1, 0.15) is 0 Å². The summed E-state index contributed by atoms with van der Waals surface area (Å²) < 4.78 is 5.36. The first kappa shape index (κ1) is 19.7. The maximum Gasteiger partial charge on any atom is 0.269 e. The molecule has 0 unspecified atom stereocenters. The molecule has 1 fully saturated rings. The van der Waals surface area contributed by atoms with E-state index in [-0.39, 0.29) is 11.6 Å². The molecule has 2 aromatic rings. The molecule has 1 aliphatic heterocycles. The summed E-state index contributed by atoms with van der Waals surface area (Å²) in [5.74, 6) is -0.212. The van der Waals surface area contributed by atoms with Gasteiger partial charge in [0.2, 0.25) is 5.91 Å². The highest BCUT2D eigenvalue weighted by molar-refractivity contribution is 5.91. The predicted molar refractivity (Wildman–Crippen MR) is 107 cm³/mol. The molecule has 7 heteroatoms. The van der Waals surface area contributed by atoms with Crippen molar-refractivity contribution < 1.29 is 14.5 Å². The second kappa shape index (κ2) is 9.77. The van der Waals surface area contributed by atoms with Gasteiger partial charge in [-0.05, 0) is 34.9 Å². The number of hydrogen-bond donors (Lipinski definition) is 1. The van der Waals surface area contributed by atoms with E-state index >= 15 is 0 Å². The third-order valence-corrected chi connectivity index (χ3v) is 4.53. The summed E-state index contributed by atoms with van der Waals surface area (Å²) in [6, 6.07) is 14.3. The molecular weight excluding hydrogens is 358 g/mol. The third kappa shape index (κ3) is 6.00. The molecule has 0 saturated carbocycles. The Morgan fingerprint density at radius 1 is 1.07 bits per heavy atom. The number of ether oxygens (including phenoxy) is 1. The number of nitro groups is 1. The second-order valence-electron chi connectivity index (χ2n) is 6.60. The SMILES string of the molecule is O=C(/C=C/c1ccc([N+](=O)[O-])cc1)NCc1ccc(CN2CCOCC2)cc1. The number of nitro benzene ring substituents is 1. The average molecular weight is 381 g/mol. The van der Waals surface area contributed by atoms with Gasteiger partial charge in [0.15, 0.2) is 0 Å². The normalized spacial score (nSPS) is 14.9. The molecular formula is C21H23N3O4. The third-order valence-electron chi connectivity index (χ3n) is 4.53. The van der Waals surface area contributed by atoms with Crippen LogP contribution in [0.5, 0.6) is 0 Å². The molecule has 146 valence electrons. The molecule has 28 heavy (non-hydrogen) atoms. The number of carbonyl (C=O) groups excluding carboxylic acids is 1. The van der Waals surface area contributed by atoms with Crippen LogP contribution in [0.15, 0.2) is 54.6 Å². The van der Waals surface area contributed by atoms with Crippen LogP contribution in [-0.2, 0) is 22.6 Å². The fourth-order valence-electron chi connectivity index (χ4n) is 2.91. The van der Waals surface area contributed by atoms with Gasteiger partial charge in [-0.3, -0.25) is 19.8 Å². The highest BCUT2D eigenvalue weighted by Crippen LogP contribution is 2.13. The van der Waals surface area contributed by atoms with Crippen LogP contribution in [0.4, 0.5) is 5.69 Å². The highest BCUT2D eigenvalue weighted by Gasteiger charge is 2.10. The number of rotatable bonds is 7. The number of hydrogen-bond acceptors (Lipinski definition) is 5. The van der Waals surface area contributed by atoms with E-state index in [0.717, 1.165) is 44.0 Å². The van der Waals surface area contributed by atoms with E-state index in [2.05, 4.69) is 22.3 Å². The van der Waals surface area contributed by atoms with E-state index in [1.807, 2.05) is 12.1 Å². The Morgan fingerprint density at radius 3 is 2.36 bits per heavy atom. The Bertz CT molecular complexity index is 826. The van der Waals surface area contributed by atoms with Gasteiger partial charge < -0.3 is 10.1 Å². The number of nitrogens with one attached hydrogen (secondary N) is 1. The number of morpholine rings is 1. The van der Waals surface area contributed by atoms with E-state index in [1.165, 1.54) is 23.8 Å². The molecule has 0 atom stereocenters. The van der Waals surface area contributed by atoms with Gasteiger partial charge in [-0.25, -0.2) is 0 Å². The highest BCUT2D eigenvalue weighted by atomic mass is 16.6.